The molecule has 6 nitrogen and oxygen atoms in total. The molecular weight excluding hydrogens is 430 g/mol. The lowest BCUT2D eigenvalue weighted by Crippen LogP contribution is -2.54. The zero-order chi connectivity index (χ0) is 24.0. The number of likely N-dealkylation sites (tertiary alicyclic amines) is 1. The largest absolute Gasteiger partial charge is 0.484 e. The average Bonchev–Trinajstić information content (AvgIpc) is 2.82. The maximum absolute atomic E-state index is 14.0. The van der Waals surface area contributed by atoms with Gasteiger partial charge in [-0.05, 0) is 49.1 Å². The Labute approximate surface area is 191 Å². The van der Waals surface area contributed by atoms with Gasteiger partial charge in [0, 0.05) is 19.0 Å². The second kappa shape index (κ2) is 11.0. The van der Waals surface area contributed by atoms with Gasteiger partial charge in [-0.2, -0.15) is 0 Å². The van der Waals surface area contributed by atoms with E-state index in [9.17, 15) is 23.2 Å². The van der Waals surface area contributed by atoms with E-state index in [1.165, 1.54) is 0 Å². The summed E-state index contributed by atoms with van der Waals surface area (Å²) in [5.74, 6) is -2.60. The van der Waals surface area contributed by atoms with Crippen LogP contribution in [0, 0.1) is 23.5 Å². The van der Waals surface area contributed by atoms with Crippen molar-refractivity contribution in [1.82, 2.24) is 10.2 Å². The number of rotatable bonds is 8. The summed E-state index contributed by atoms with van der Waals surface area (Å²) in [4.78, 5) is 39.7. The Hall–Kier alpha value is -3.29. The van der Waals surface area contributed by atoms with Gasteiger partial charge in [-0.1, -0.05) is 32.0 Å². The summed E-state index contributed by atoms with van der Waals surface area (Å²) in [6, 6.07) is 11.0. The molecule has 1 N–H and O–H groups in total. The molecule has 8 heteroatoms. The molecule has 1 unspecified atom stereocenters. The number of hydrogen-bond acceptors (Lipinski definition) is 4. The summed E-state index contributed by atoms with van der Waals surface area (Å²) in [6.45, 7) is 4.06. The van der Waals surface area contributed by atoms with Crippen LogP contribution < -0.4 is 10.1 Å². The molecule has 1 heterocycles. The third-order valence-electron chi connectivity index (χ3n) is 5.73. The minimum atomic E-state index is -0.750. The van der Waals surface area contributed by atoms with Gasteiger partial charge in [-0.15, -0.1) is 0 Å². The molecule has 3 rings (SSSR count). The Kier molecular flexibility index (Phi) is 8.14. The van der Waals surface area contributed by atoms with Gasteiger partial charge in [0.2, 0.25) is 5.91 Å². The van der Waals surface area contributed by atoms with E-state index in [1.54, 1.807) is 29.2 Å². The van der Waals surface area contributed by atoms with E-state index in [4.69, 9.17) is 4.74 Å². The van der Waals surface area contributed by atoms with Crippen LogP contribution in [-0.4, -0.2) is 48.2 Å². The molecule has 33 heavy (non-hydrogen) atoms. The number of ether oxygens (including phenoxy) is 1. The highest BCUT2D eigenvalue weighted by Gasteiger charge is 2.34. The number of halogens is 2. The lowest BCUT2D eigenvalue weighted by atomic mass is 9.88. The van der Waals surface area contributed by atoms with Crippen LogP contribution in [0.1, 0.15) is 37.0 Å². The molecule has 0 aromatic heterocycles. The molecule has 1 saturated heterocycles. The van der Waals surface area contributed by atoms with Crippen molar-refractivity contribution in [2.75, 3.05) is 19.7 Å². The van der Waals surface area contributed by atoms with Gasteiger partial charge in [0.1, 0.15) is 23.4 Å². The van der Waals surface area contributed by atoms with Crippen molar-refractivity contribution < 1.29 is 27.9 Å². The summed E-state index contributed by atoms with van der Waals surface area (Å²) in [6.07, 6.45) is 0.687. The van der Waals surface area contributed by atoms with E-state index in [-0.39, 0.29) is 24.0 Å². The van der Waals surface area contributed by atoms with E-state index in [2.05, 4.69) is 5.32 Å². The first kappa shape index (κ1) is 24.4. The molecule has 0 saturated carbocycles. The third kappa shape index (κ3) is 6.37. The van der Waals surface area contributed by atoms with Gasteiger partial charge in [-0.25, -0.2) is 8.78 Å². The highest BCUT2D eigenvalue weighted by atomic mass is 19.1. The van der Waals surface area contributed by atoms with Crippen molar-refractivity contribution in [2.45, 2.75) is 32.7 Å². The van der Waals surface area contributed by atoms with Crippen molar-refractivity contribution in [1.29, 1.82) is 0 Å². The maximum Gasteiger partial charge on any atom is 0.258 e. The maximum atomic E-state index is 14.0. The Balaban J connectivity index is 1.55. The number of nitrogens with one attached hydrogen (secondary N) is 1. The summed E-state index contributed by atoms with van der Waals surface area (Å²) in [5.41, 5.74) is -0.259. The van der Waals surface area contributed by atoms with Crippen LogP contribution in [0.25, 0.3) is 0 Å². The van der Waals surface area contributed by atoms with Crippen molar-refractivity contribution in [3.05, 3.63) is 65.7 Å². The number of nitrogens with zero attached hydrogens (tertiary/aromatic N) is 1. The molecule has 1 aliphatic rings. The van der Waals surface area contributed by atoms with E-state index in [0.29, 0.717) is 31.7 Å². The first-order chi connectivity index (χ1) is 15.8. The van der Waals surface area contributed by atoms with Gasteiger partial charge >= 0.3 is 0 Å². The SMILES string of the molecule is CC(C)C(NC(=O)COc1ccccc1)C(=O)N1CCC(C(=O)c2cc(F)ccc2F)CC1. The predicted octanol–water partition coefficient (Wildman–Crippen LogP) is 3.61. The quantitative estimate of drug-likeness (QED) is 0.614. The molecule has 2 amide bonds. The fraction of sp³-hybridized carbons (Fsp3) is 0.400. The van der Waals surface area contributed by atoms with Crippen LogP contribution in [0.3, 0.4) is 0 Å². The summed E-state index contributed by atoms with van der Waals surface area (Å²) >= 11 is 0. The summed E-state index contributed by atoms with van der Waals surface area (Å²) in [7, 11) is 0. The van der Waals surface area contributed by atoms with E-state index < -0.39 is 35.3 Å². The molecule has 2 aromatic carbocycles. The van der Waals surface area contributed by atoms with Crippen LogP contribution in [0.5, 0.6) is 5.75 Å². The van der Waals surface area contributed by atoms with Crippen molar-refractivity contribution in [3.8, 4) is 5.75 Å². The third-order valence-corrected chi connectivity index (χ3v) is 5.73. The van der Waals surface area contributed by atoms with Gasteiger partial charge in [-0.3, -0.25) is 14.4 Å². The molecule has 1 fully saturated rings. The van der Waals surface area contributed by atoms with Crippen molar-refractivity contribution in [3.63, 3.8) is 0 Å². The van der Waals surface area contributed by atoms with Crippen LogP contribution in [0.4, 0.5) is 8.78 Å². The monoisotopic (exact) mass is 458 g/mol. The minimum Gasteiger partial charge on any atom is -0.484 e. The number of piperidine rings is 1. The molecule has 1 atom stereocenters. The summed E-state index contributed by atoms with van der Waals surface area (Å²) < 4.78 is 32.9. The molecule has 0 spiro atoms. The number of Topliss-reactive ketones (excluding diaryl/α,β-unsaturated/α-hetero) is 1. The topological polar surface area (TPSA) is 75.7 Å². The molecule has 0 aliphatic carbocycles. The lowest BCUT2D eigenvalue weighted by molar-refractivity contribution is -0.139. The Morgan fingerprint density at radius 1 is 1.06 bits per heavy atom. The Morgan fingerprint density at radius 2 is 1.73 bits per heavy atom. The molecule has 0 radical (unpaired) electrons. The zero-order valence-corrected chi connectivity index (χ0v) is 18.7. The molecule has 176 valence electrons. The lowest BCUT2D eigenvalue weighted by Gasteiger charge is -2.35. The number of carbonyl (C=O) groups is 3. The van der Waals surface area contributed by atoms with Gasteiger partial charge in [0.15, 0.2) is 12.4 Å². The standard InChI is InChI=1S/C25H28F2N2O4/c1-16(2)23(28-22(30)15-33-19-6-4-3-5-7-19)25(32)29-12-10-17(11-13-29)24(31)20-14-18(26)8-9-21(20)27/h3-9,14,16-17,23H,10-13,15H2,1-2H3,(H,28,30). The zero-order valence-electron chi connectivity index (χ0n) is 18.7. The van der Waals surface area contributed by atoms with E-state index in [0.717, 1.165) is 18.2 Å². The Morgan fingerprint density at radius 3 is 2.36 bits per heavy atom. The van der Waals surface area contributed by atoms with Crippen LogP contribution in [0.2, 0.25) is 0 Å². The molecular formula is C25H28F2N2O4. The first-order valence-corrected chi connectivity index (χ1v) is 11.0. The van der Waals surface area contributed by atoms with Crippen LogP contribution in [-0.2, 0) is 9.59 Å². The van der Waals surface area contributed by atoms with Crippen LogP contribution >= 0.6 is 0 Å². The number of ketones is 1. The minimum absolute atomic E-state index is 0.154. The highest BCUT2D eigenvalue weighted by molar-refractivity contribution is 5.98. The van der Waals surface area contributed by atoms with Crippen molar-refractivity contribution >= 4 is 17.6 Å². The van der Waals surface area contributed by atoms with Gasteiger partial charge < -0.3 is 15.0 Å². The fourth-order valence-corrected chi connectivity index (χ4v) is 3.86. The summed E-state index contributed by atoms with van der Waals surface area (Å²) in [5, 5.41) is 2.74. The first-order valence-electron chi connectivity index (χ1n) is 11.0. The highest BCUT2D eigenvalue weighted by Crippen LogP contribution is 2.24. The normalized spacial score (nSPS) is 15.2. The van der Waals surface area contributed by atoms with Gasteiger partial charge in [0.25, 0.3) is 5.91 Å². The van der Waals surface area contributed by atoms with E-state index in [1.807, 2.05) is 19.9 Å². The van der Waals surface area contributed by atoms with E-state index >= 15 is 0 Å². The van der Waals surface area contributed by atoms with Crippen LogP contribution in [0.15, 0.2) is 48.5 Å². The number of benzene rings is 2. The number of para-hydroxylation sites is 1. The smallest absolute Gasteiger partial charge is 0.258 e. The fourth-order valence-electron chi connectivity index (χ4n) is 3.86. The second-order valence-corrected chi connectivity index (χ2v) is 8.48. The molecule has 2 aromatic rings. The van der Waals surface area contributed by atoms with Gasteiger partial charge in [0.05, 0.1) is 5.56 Å². The number of carbonyl (C=O) groups excluding carboxylic acids is 3. The average molecular weight is 459 g/mol. The number of hydrogen-bond donors (Lipinski definition) is 1. The number of amides is 2. The Bertz CT molecular complexity index is 989. The van der Waals surface area contributed by atoms with Crippen molar-refractivity contribution in [2.24, 2.45) is 11.8 Å². The molecule has 1 aliphatic heterocycles. The predicted molar refractivity (Wildman–Crippen MR) is 119 cm³/mol. The molecule has 0 bridgehead atoms. The second-order valence-electron chi connectivity index (χ2n) is 8.48.